The highest BCUT2D eigenvalue weighted by Gasteiger charge is 2.27. The number of carbonyl (C=O) groups excluding carboxylic acids is 2. The Labute approximate surface area is 151 Å². The topological polar surface area (TPSA) is 67.9 Å². The van der Waals surface area contributed by atoms with Gasteiger partial charge < -0.3 is 19.7 Å². The third-order valence-electron chi connectivity index (χ3n) is 4.28. The van der Waals surface area contributed by atoms with Gasteiger partial charge in [-0.15, -0.1) is 0 Å². The van der Waals surface area contributed by atoms with Crippen LogP contribution in [0.4, 0.5) is 8.78 Å². The average molecular weight is 370 g/mol. The Morgan fingerprint density at radius 2 is 2.04 bits per heavy atom. The molecule has 0 aliphatic carbocycles. The number of nitrogens with one attached hydrogen (secondary N) is 1. The Bertz CT molecular complexity index is 605. The van der Waals surface area contributed by atoms with Gasteiger partial charge in [-0.05, 0) is 37.5 Å². The normalized spacial score (nSPS) is 15.2. The van der Waals surface area contributed by atoms with Gasteiger partial charge in [0.05, 0.1) is 0 Å². The van der Waals surface area contributed by atoms with Gasteiger partial charge in [0, 0.05) is 44.8 Å². The first-order valence-corrected chi connectivity index (χ1v) is 8.62. The van der Waals surface area contributed by atoms with Crippen LogP contribution in [0.5, 0.6) is 5.75 Å². The molecule has 8 heteroatoms. The fourth-order valence-electron chi connectivity index (χ4n) is 2.91. The Morgan fingerprint density at radius 1 is 1.31 bits per heavy atom. The minimum atomic E-state index is -2.93. The van der Waals surface area contributed by atoms with E-state index in [1.165, 1.54) is 18.2 Å². The molecule has 1 N–H and O–H groups in total. The number of ether oxygens (including phenoxy) is 2. The number of likely N-dealkylation sites (tertiary alicyclic amines) is 1. The molecule has 26 heavy (non-hydrogen) atoms. The van der Waals surface area contributed by atoms with E-state index in [0.29, 0.717) is 44.6 Å². The van der Waals surface area contributed by atoms with Crippen LogP contribution in [0.25, 0.3) is 0 Å². The molecule has 1 aliphatic heterocycles. The molecule has 0 aromatic heterocycles. The first kappa shape index (κ1) is 20.1. The van der Waals surface area contributed by atoms with Crippen LogP contribution in [0.2, 0.25) is 0 Å². The third kappa shape index (κ3) is 5.94. The highest BCUT2D eigenvalue weighted by atomic mass is 19.3. The SMILES string of the molecule is COCCCNC(=O)C1CCN(C(=O)c2cccc(OC(F)F)c2)CC1. The van der Waals surface area contributed by atoms with E-state index in [2.05, 4.69) is 10.1 Å². The van der Waals surface area contributed by atoms with Crippen molar-refractivity contribution in [3.05, 3.63) is 29.8 Å². The molecule has 0 radical (unpaired) electrons. The van der Waals surface area contributed by atoms with Crippen molar-refractivity contribution in [1.82, 2.24) is 10.2 Å². The summed E-state index contributed by atoms with van der Waals surface area (Å²) in [5.41, 5.74) is 0.297. The van der Waals surface area contributed by atoms with Crippen LogP contribution in [0.15, 0.2) is 24.3 Å². The van der Waals surface area contributed by atoms with Crippen molar-refractivity contribution in [1.29, 1.82) is 0 Å². The summed E-state index contributed by atoms with van der Waals surface area (Å²) >= 11 is 0. The molecule has 2 rings (SSSR count). The zero-order chi connectivity index (χ0) is 18.9. The Hall–Kier alpha value is -2.22. The number of benzene rings is 1. The van der Waals surface area contributed by atoms with Crippen LogP contribution < -0.4 is 10.1 Å². The molecule has 1 aromatic rings. The maximum absolute atomic E-state index is 12.5. The minimum Gasteiger partial charge on any atom is -0.435 e. The third-order valence-corrected chi connectivity index (χ3v) is 4.28. The fraction of sp³-hybridized carbons (Fsp3) is 0.556. The van der Waals surface area contributed by atoms with Gasteiger partial charge in [-0.25, -0.2) is 0 Å². The van der Waals surface area contributed by atoms with Gasteiger partial charge in [0.2, 0.25) is 5.91 Å². The van der Waals surface area contributed by atoms with Crippen molar-refractivity contribution in [2.24, 2.45) is 5.92 Å². The van der Waals surface area contributed by atoms with Gasteiger partial charge >= 0.3 is 6.61 Å². The van der Waals surface area contributed by atoms with Crippen LogP contribution >= 0.6 is 0 Å². The lowest BCUT2D eigenvalue weighted by atomic mass is 9.95. The number of carbonyl (C=O) groups is 2. The number of piperidine rings is 1. The zero-order valence-corrected chi connectivity index (χ0v) is 14.7. The van der Waals surface area contributed by atoms with Crippen molar-refractivity contribution in [3.8, 4) is 5.75 Å². The van der Waals surface area contributed by atoms with Crippen LogP contribution in [0, 0.1) is 5.92 Å². The zero-order valence-electron chi connectivity index (χ0n) is 14.7. The summed E-state index contributed by atoms with van der Waals surface area (Å²) in [5, 5.41) is 2.88. The molecule has 144 valence electrons. The molecule has 0 spiro atoms. The van der Waals surface area contributed by atoms with Crippen molar-refractivity contribution in [2.45, 2.75) is 25.9 Å². The highest BCUT2D eigenvalue weighted by Crippen LogP contribution is 2.21. The molecule has 2 amide bonds. The summed E-state index contributed by atoms with van der Waals surface area (Å²) in [6.07, 6.45) is 1.92. The number of hydrogen-bond donors (Lipinski definition) is 1. The average Bonchev–Trinajstić information content (AvgIpc) is 2.64. The molecule has 0 atom stereocenters. The van der Waals surface area contributed by atoms with Crippen molar-refractivity contribution in [2.75, 3.05) is 33.4 Å². The van der Waals surface area contributed by atoms with Crippen LogP contribution in [0.3, 0.4) is 0 Å². The highest BCUT2D eigenvalue weighted by molar-refractivity contribution is 5.94. The summed E-state index contributed by atoms with van der Waals surface area (Å²) < 4.78 is 33.9. The van der Waals surface area contributed by atoms with Crippen LogP contribution in [-0.4, -0.2) is 56.7 Å². The fourth-order valence-corrected chi connectivity index (χ4v) is 2.91. The molecule has 0 saturated carbocycles. The Kier molecular flexibility index (Phi) is 7.77. The molecule has 1 aliphatic rings. The second-order valence-corrected chi connectivity index (χ2v) is 6.11. The predicted octanol–water partition coefficient (Wildman–Crippen LogP) is 2.29. The molecule has 1 saturated heterocycles. The van der Waals surface area contributed by atoms with E-state index < -0.39 is 6.61 Å². The van der Waals surface area contributed by atoms with E-state index in [1.807, 2.05) is 0 Å². The summed E-state index contributed by atoms with van der Waals surface area (Å²) in [5.74, 6) is -0.407. The summed E-state index contributed by atoms with van der Waals surface area (Å²) in [4.78, 5) is 26.3. The summed E-state index contributed by atoms with van der Waals surface area (Å²) in [6.45, 7) is -0.854. The number of halogens is 2. The molecule has 6 nitrogen and oxygen atoms in total. The monoisotopic (exact) mass is 370 g/mol. The second-order valence-electron chi connectivity index (χ2n) is 6.11. The van der Waals surface area contributed by atoms with Crippen LogP contribution in [0.1, 0.15) is 29.6 Å². The van der Waals surface area contributed by atoms with Gasteiger partial charge in [-0.1, -0.05) is 6.07 Å². The van der Waals surface area contributed by atoms with Gasteiger partial charge in [-0.3, -0.25) is 9.59 Å². The molecular weight excluding hydrogens is 346 g/mol. The molecule has 1 aromatic carbocycles. The van der Waals surface area contributed by atoms with E-state index in [-0.39, 0.29) is 23.5 Å². The molecule has 0 bridgehead atoms. The quantitative estimate of drug-likeness (QED) is 0.713. The van der Waals surface area contributed by atoms with E-state index in [9.17, 15) is 18.4 Å². The van der Waals surface area contributed by atoms with Crippen molar-refractivity contribution >= 4 is 11.8 Å². The van der Waals surface area contributed by atoms with E-state index in [1.54, 1.807) is 18.1 Å². The van der Waals surface area contributed by atoms with Crippen LogP contribution in [-0.2, 0) is 9.53 Å². The van der Waals surface area contributed by atoms with Gasteiger partial charge in [0.1, 0.15) is 5.75 Å². The Morgan fingerprint density at radius 3 is 2.69 bits per heavy atom. The Balaban J connectivity index is 1.83. The minimum absolute atomic E-state index is 0.000493. The first-order valence-electron chi connectivity index (χ1n) is 8.62. The number of alkyl halides is 2. The number of hydrogen-bond acceptors (Lipinski definition) is 4. The van der Waals surface area contributed by atoms with Crippen molar-refractivity contribution < 1.29 is 27.8 Å². The number of nitrogens with zero attached hydrogens (tertiary/aromatic N) is 1. The van der Waals surface area contributed by atoms with E-state index in [0.717, 1.165) is 6.42 Å². The number of methoxy groups -OCH3 is 1. The molecule has 0 unspecified atom stereocenters. The second kappa shape index (κ2) is 10.1. The maximum Gasteiger partial charge on any atom is 0.387 e. The van der Waals surface area contributed by atoms with Gasteiger partial charge in [0.25, 0.3) is 5.91 Å². The van der Waals surface area contributed by atoms with E-state index >= 15 is 0 Å². The van der Waals surface area contributed by atoms with Crippen molar-refractivity contribution in [3.63, 3.8) is 0 Å². The molecule has 1 fully saturated rings. The first-order chi connectivity index (χ1) is 12.5. The summed E-state index contributed by atoms with van der Waals surface area (Å²) in [7, 11) is 1.61. The smallest absolute Gasteiger partial charge is 0.387 e. The number of rotatable bonds is 8. The summed E-state index contributed by atoms with van der Waals surface area (Å²) in [6, 6.07) is 5.76. The lowest BCUT2D eigenvalue weighted by Crippen LogP contribution is -2.43. The lowest BCUT2D eigenvalue weighted by molar-refractivity contribution is -0.126. The predicted molar refractivity (Wildman–Crippen MR) is 91.2 cm³/mol. The largest absolute Gasteiger partial charge is 0.435 e. The van der Waals surface area contributed by atoms with Gasteiger partial charge in [0.15, 0.2) is 0 Å². The standard InChI is InChI=1S/C18H24F2N2O4/c1-25-11-3-8-21-16(23)13-6-9-22(10-7-13)17(24)14-4-2-5-15(12-14)26-18(19)20/h2,4-5,12-13,18H,3,6-11H2,1H3,(H,21,23). The molecular formula is C18H24F2N2O4. The lowest BCUT2D eigenvalue weighted by Gasteiger charge is -2.31. The van der Waals surface area contributed by atoms with E-state index in [4.69, 9.17) is 4.74 Å². The maximum atomic E-state index is 12.5. The van der Waals surface area contributed by atoms with Gasteiger partial charge in [-0.2, -0.15) is 8.78 Å². The molecule has 1 heterocycles. The number of amides is 2.